The lowest BCUT2D eigenvalue weighted by Gasteiger charge is -2.41. The van der Waals surface area contributed by atoms with Crippen LogP contribution in [0.2, 0.25) is 0 Å². The van der Waals surface area contributed by atoms with E-state index in [0.717, 1.165) is 15.8 Å². The Labute approximate surface area is 115 Å². The first kappa shape index (κ1) is 12.1. The van der Waals surface area contributed by atoms with Gasteiger partial charge in [0, 0.05) is 10.9 Å². The fourth-order valence-corrected chi connectivity index (χ4v) is 5.17. The highest BCUT2D eigenvalue weighted by Crippen LogP contribution is 2.39. The molecule has 1 saturated heterocycles. The largest absolute Gasteiger partial charge is 0.313 e. The SMILES string of the molecule is CCCC1CCN[C@@H]2Cc3sc(Br)nc3C[C@@H]12. The van der Waals surface area contributed by atoms with Gasteiger partial charge in [0.15, 0.2) is 3.92 Å². The number of fused-ring (bicyclic) bond motifs is 2. The van der Waals surface area contributed by atoms with Gasteiger partial charge in [0.05, 0.1) is 5.69 Å². The molecule has 1 fully saturated rings. The molecule has 0 saturated carbocycles. The van der Waals surface area contributed by atoms with Crippen molar-refractivity contribution in [1.82, 2.24) is 10.3 Å². The monoisotopic (exact) mass is 314 g/mol. The Bertz CT molecular complexity index is 402. The van der Waals surface area contributed by atoms with E-state index in [1.54, 1.807) is 0 Å². The molecule has 1 N–H and O–H groups in total. The number of aromatic nitrogens is 1. The van der Waals surface area contributed by atoms with Gasteiger partial charge in [-0.15, -0.1) is 11.3 Å². The highest BCUT2D eigenvalue weighted by molar-refractivity contribution is 9.11. The maximum absolute atomic E-state index is 4.64. The molecule has 0 spiro atoms. The summed E-state index contributed by atoms with van der Waals surface area (Å²) in [7, 11) is 0. The van der Waals surface area contributed by atoms with Crippen molar-refractivity contribution in [3.8, 4) is 0 Å². The molecule has 3 rings (SSSR count). The Balaban J connectivity index is 1.83. The number of nitrogens with zero attached hydrogens (tertiary/aromatic N) is 1. The van der Waals surface area contributed by atoms with Crippen molar-refractivity contribution in [2.45, 2.75) is 45.1 Å². The Kier molecular flexibility index (Phi) is 3.55. The molecule has 2 nitrogen and oxygen atoms in total. The molecule has 0 bridgehead atoms. The van der Waals surface area contributed by atoms with Crippen LogP contribution in [0.1, 0.15) is 36.8 Å². The van der Waals surface area contributed by atoms with E-state index in [9.17, 15) is 0 Å². The van der Waals surface area contributed by atoms with E-state index in [0.29, 0.717) is 6.04 Å². The predicted molar refractivity (Wildman–Crippen MR) is 75.5 cm³/mol. The number of hydrogen-bond acceptors (Lipinski definition) is 3. The van der Waals surface area contributed by atoms with Gasteiger partial charge in [0.25, 0.3) is 0 Å². The highest BCUT2D eigenvalue weighted by Gasteiger charge is 2.37. The van der Waals surface area contributed by atoms with Gasteiger partial charge in [-0.3, -0.25) is 0 Å². The van der Waals surface area contributed by atoms with E-state index >= 15 is 0 Å². The van der Waals surface area contributed by atoms with E-state index in [4.69, 9.17) is 0 Å². The molecule has 1 aromatic rings. The van der Waals surface area contributed by atoms with Crippen LogP contribution < -0.4 is 5.32 Å². The van der Waals surface area contributed by atoms with Gasteiger partial charge in [0.2, 0.25) is 0 Å². The van der Waals surface area contributed by atoms with Gasteiger partial charge >= 0.3 is 0 Å². The first-order valence-electron chi connectivity index (χ1n) is 6.65. The minimum absolute atomic E-state index is 0.708. The topological polar surface area (TPSA) is 24.9 Å². The molecule has 2 heterocycles. The lowest BCUT2D eigenvalue weighted by Crippen LogP contribution is -2.50. The minimum atomic E-state index is 0.708. The molecule has 1 unspecified atom stereocenters. The normalized spacial score (nSPS) is 32.0. The molecule has 0 aromatic carbocycles. The first-order valence-corrected chi connectivity index (χ1v) is 8.26. The maximum atomic E-state index is 4.64. The van der Waals surface area contributed by atoms with Crippen molar-refractivity contribution in [1.29, 1.82) is 0 Å². The summed E-state index contributed by atoms with van der Waals surface area (Å²) in [6, 6.07) is 0.708. The van der Waals surface area contributed by atoms with Gasteiger partial charge < -0.3 is 5.32 Å². The van der Waals surface area contributed by atoms with E-state index in [-0.39, 0.29) is 0 Å². The van der Waals surface area contributed by atoms with Crippen LogP contribution in [0.15, 0.2) is 3.92 Å². The Morgan fingerprint density at radius 3 is 3.18 bits per heavy atom. The van der Waals surface area contributed by atoms with Crippen molar-refractivity contribution in [3.05, 3.63) is 14.5 Å². The smallest absolute Gasteiger partial charge is 0.159 e. The number of piperidine rings is 1. The second kappa shape index (κ2) is 4.98. The van der Waals surface area contributed by atoms with Crippen molar-refractivity contribution in [2.24, 2.45) is 11.8 Å². The zero-order chi connectivity index (χ0) is 11.8. The molecule has 3 atom stereocenters. The summed E-state index contributed by atoms with van der Waals surface area (Å²) in [5.74, 6) is 1.74. The van der Waals surface area contributed by atoms with E-state index in [1.165, 1.54) is 49.2 Å². The molecule has 4 heteroatoms. The van der Waals surface area contributed by atoms with Crippen molar-refractivity contribution in [2.75, 3.05) is 6.54 Å². The lowest BCUT2D eigenvalue weighted by atomic mass is 9.72. The number of hydrogen-bond donors (Lipinski definition) is 1. The Hall–Kier alpha value is 0.0700. The summed E-state index contributed by atoms with van der Waals surface area (Å²) < 4.78 is 1.06. The van der Waals surface area contributed by atoms with Crippen LogP contribution in [-0.4, -0.2) is 17.6 Å². The fourth-order valence-electron chi connectivity index (χ4n) is 3.50. The van der Waals surface area contributed by atoms with Crippen LogP contribution in [-0.2, 0) is 12.8 Å². The number of nitrogens with one attached hydrogen (secondary N) is 1. The van der Waals surface area contributed by atoms with Crippen molar-refractivity contribution < 1.29 is 0 Å². The molecule has 0 radical (unpaired) electrons. The van der Waals surface area contributed by atoms with Crippen LogP contribution in [0.3, 0.4) is 0 Å². The summed E-state index contributed by atoms with van der Waals surface area (Å²) >= 11 is 5.35. The van der Waals surface area contributed by atoms with Gasteiger partial charge in [-0.1, -0.05) is 19.8 Å². The average molecular weight is 315 g/mol. The van der Waals surface area contributed by atoms with E-state index in [2.05, 4.69) is 33.2 Å². The molecular weight excluding hydrogens is 296 g/mol. The summed E-state index contributed by atoms with van der Waals surface area (Å²) in [6.07, 6.45) is 6.46. The van der Waals surface area contributed by atoms with Crippen LogP contribution in [0, 0.1) is 11.8 Å². The average Bonchev–Trinajstić information content (AvgIpc) is 2.66. The Morgan fingerprint density at radius 1 is 1.47 bits per heavy atom. The van der Waals surface area contributed by atoms with Gasteiger partial charge in [0.1, 0.15) is 0 Å². The van der Waals surface area contributed by atoms with Crippen LogP contribution >= 0.6 is 27.3 Å². The molecule has 17 heavy (non-hydrogen) atoms. The maximum Gasteiger partial charge on any atom is 0.159 e. The van der Waals surface area contributed by atoms with Crippen molar-refractivity contribution >= 4 is 27.3 Å². The van der Waals surface area contributed by atoms with Crippen LogP contribution in [0.4, 0.5) is 0 Å². The molecule has 94 valence electrons. The van der Waals surface area contributed by atoms with Crippen molar-refractivity contribution in [3.63, 3.8) is 0 Å². The van der Waals surface area contributed by atoms with Gasteiger partial charge in [-0.25, -0.2) is 4.98 Å². The number of halogens is 1. The fraction of sp³-hybridized carbons (Fsp3) is 0.769. The molecule has 1 aromatic heterocycles. The zero-order valence-corrected chi connectivity index (χ0v) is 12.6. The highest BCUT2D eigenvalue weighted by atomic mass is 79.9. The molecule has 1 aliphatic carbocycles. The molecule has 1 aliphatic heterocycles. The van der Waals surface area contributed by atoms with Crippen LogP contribution in [0.5, 0.6) is 0 Å². The number of thiazole rings is 1. The van der Waals surface area contributed by atoms with E-state index < -0.39 is 0 Å². The molecular formula is C13H19BrN2S. The lowest BCUT2D eigenvalue weighted by molar-refractivity contribution is 0.165. The quantitative estimate of drug-likeness (QED) is 0.905. The summed E-state index contributed by atoms with van der Waals surface area (Å²) in [5.41, 5.74) is 1.37. The van der Waals surface area contributed by atoms with Gasteiger partial charge in [-0.05, 0) is 53.6 Å². The third kappa shape index (κ3) is 2.32. The third-order valence-electron chi connectivity index (χ3n) is 4.29. The summed E-state index contributed by atoms with van der Waals surface area (Å²) in [5, 5.41) is 3.72. The second-order valence-electron chi connectivity index (χ2n) is 5.31. The Morgan fingerprint density at radius 2 is 2.35 bits per heavy atom. The standard InChI is InChI=1S/C13H19BrN2S/c1-2-3-8-4-5-15-10-7-12-11(6-9(8)10)16-13(14)17-12/h8-10,15H,2-7H2,1H3/t8?,9-,10+/m0/s1. The summed E-state index contributed by atoms with van der Waals surface area (Å²) in [4.78, 5) is 6.15. The second-order valence-corrected chi connectivity index (χ2v) is 7.67. The molecule has 2 aliphatic rings. The first-order chi connectivity index (χ1) is 8.28. The van der Waals surface area contributed by atoms with Gasteiger partial charge in [-0.2, -0.15) is 0 Å². The van der Waals surface area contributed by atoms with E-state index in [1.807, 2.05) is 11.3 Å². The zero-order valence-electron chi connectivity index (χ0n) is 10.2. The third-order valence-corrected chi connectivity index (χ3v) is 5.86. The number of rotatable bonds is 2. The predicted octanol–water partition coefficient (Wildman–Crippen LogP) is 3.40. The molecule has 0 amide bonds. The minimum Gasteiger partial charge on any atom is -0.313 e. The summed E-state index contributed by atoms with van der Waals surface area (Å²) in [6.45, 7) is 3.52. The van der Waals surface area contributed by atoms with Crippen LogP contribution in [0.25, 0.3) is 0 Å².